The van der Waals surface area contributed by atoms with Gasteiger partial charge in [0.1, 0.15) is 5.82 Å². The average molecular weight is 615 g/mol. The van der Waals surface area contributed by atoms with Gasteiger partial charge < -0.3 is 18.9 Å². The molecule has 6 rings (SSSR count). The SMILES string of the molecule is COc1cc(Br)c(Cc2sc3nnc(SCc4ccc5c(c4)OCO5)n3c2-c2ccc(F)cc2)cc1OC. The van der Waals surface area contributed by atoms with E-state index < -0.39 is 0 Å². The standard InChI is InChI=1S/C27H21BrFN3O4S2/c1-33-21-10-17(19(28)12-22(21)34-2)11-24-25(16-4-6-18(29)7-5-16)32-26(30-31-27(32)38-24)37-13-15-3-8-20-23(9-15)36-14-35-20/h3-10,12H,11,13-14H2,1-2H3. The van der Waals surface area contributed by atoms with E-state index >= 15 is 0 Å². The molecule has 0 spiro atoms. The van der Waals surface area contributed by atoms with Crippen LogP contribution in [-0.4, -0.2) is 35.6 Å². The van der Waals surface area contributed by atoms with Gasteiger partial charge >= 0.3 is 0 Å². The molecule has 3 aromatic carbocycles. The van der Waals surface area contributed by atoms with Crippen LogP contribution in [0.25, 0.3) is 16.2 Å². The molecule has 0 N–H and O–H groups in total. The van der Waals surface area contributed by atoms with E-state index in [9.17, 15) is 4.39 Å². The Bertz CT molecular complexity index is 1640. The van der Waals surface area contributed by atoms with Crippen molar-refractivity contribution in [1.82, 2.24) is 14.6 Å². The second-order valence-electron chi connectivity index (χ2n) is 8.43. The molecule has 3 heterocycles. The smallest absolute Gasteiger partial charge is 0.231 e. The molecule has 194 valence electrons. The molecular formula is C27H21BrFN3O4S2. The topological polar surface area (TPSA) is 67.1 Å². The summed E-state index contributed by atoms with van der Waals surface area (Å²) >= 11 is 6.82. The molecule has 5 aromatic rings. The Kier molecular flexibility index (Phi) is 6.89. The van der Waals surface area contributed by atoms with Crippen molar-refractivity contribution >= 4 is 44.0 Å². The number of nitrogens with zero attached hydrogens (tertiary/aromatic N) is 3. The Morgan fingerprint density at radius 2 is 1.76 bits per heavy atom. The Hall–Kier alpha value is -3.28. The molecule has 0 amide bonds. The molecule has 0 saturated carbocycles. The van der Waals surface area contributed by atoms with Crippen LogP contribution < -0.4 is 18.9 Å². The highest BCUT2D eigenvalue weighted by molar-refractivity contribution is 9.10. The summed E-state index contributed by atoms with van der Waals surface area (Å²) < 4.78 is 38.7. The minimum atomic E-state index is -0.287. The summed E-state index contributed by atoms with van der Waals surface area (Å²) in [5.74, 6) is 3.19. The van der Waals surface area contributed by atoms with Gasteiger partial charge in [-0.3, -0.25) is 4.40 Å². The number of thiazole rings is 1. The molecule has 0 bridgehead atoms. The zero-order valence-electron chi connectivity index (χ0n) is 20.4. The summed E-state index contributed by atoms with van der Waals surface area (Å²) in [6.07, 6.45) is 0.605. The number of methoxy groups -OCH3 is 2. The van der Waals surface area contributed by atoms with Crippen LogP contribution >= 0.6 is 39.0 Å². The number of benzene rings is 3. The zero-order chi connectivity index (χ0) is 26.2. The molecule has 7 nitrogen and oxygen atoms in total. The van der Waals surface area contributed by atoms with E-state index in [1.54, 1.807) is 49.5 Å². The maximum atomic E-state index is 13.8. The lowest BCUT2D eigenvalue weighted by Crippen LogP contribution is -1.97. The van der Waals surface area contributed by atoms with Gasteiger partial charge in [-0.05, 0) is 65.2 Å². The lowest BCUT2D eigenvalue weighted by Gasteiger charge is -2.12. The molecule has 2 aromatic heterocycles. The summed E-state index contributed by atoms with van der Waals surface area (Å²) in [5, 5.41) is 9.70. The molecule has 0 unspecified atom stereocenters. The predicted octanol–water partition coefficient (Wildman–Crippen LogP) is 6.99. The van der Waals surface area contributed by atoms with Crippen LogP contribution in [0.5, 0.6) is 23.0 Å². The van der Waals surface area contributed by atoms with Crippen LogP contribution in [0.3, 0.4) is 0 Å². The quantitative estimate of drug-likeness (QED) is 0.175. The third kappa shape index (κ3) is 4.70. The lowest BCUT2D eigenvalue weighted by atomic mass is 10.1. The molecule has 38 heavy (non-hydrogen) atoms. The summed E-state index contributed by atoms with van der Waals surface area (Å²) in [6.45, 7) is 0.242. The first kappa shape index (κ1) is 25.0. The van der Waals surface area contributed by atoms with E-state index in [0.29, 0.717) is 23.7 Å². The number of aromatic nitrogens is 3. The van der Waals surface area contributed by atoms with E-state index in [2.05, 4.69) is 30.5 Å². The van der Waals surface area contributed by atoms with Gasteiger partial charge in [-0.15, -0.1) is 10.2 Å². The van der Waals surface area contributed by atoms with E-state index in [0.717, 1.165) is 53.4 Å². The maximum Gasteiger partial charge on any atom is 0.231 e. The number of halogens is 2. The fourth-order valence-corrected chi connectivity index (χ4v) is 6.80. The first-order valence-corrected chi connectivity index (χ1v) is 14.2. The van der Waals surface area contributed by atoms with Gasteiger partial charge in [-0.1, -0.05) is 45.1 Å². The third-order valence-electron chi connectivity index (χ3n) is 6.13. The number of thioether (sulfide) groups is 1. The van der Waals surface area contributed by atoms with E-state index in [1.807, 2.05) is 30.3 Å². The van der Waals surface area contributed by atoms with Gasteiger partial charge in [0.15, 0.2) is 28.2 Å². The molecular weight excluding hydrogens is 593 g/mol. The van der Waals surface area contributed by atoms with E-state index in [1.165, 1.54) is 12.1 Å². The first-order valence-electron chi connectivity index (χ1n) is 11.6. The number of hydrogen-bond donors (Lipinski definition) is 0. The largest absolute Gasteiger partial charge is 0.493 e. The van der Waals surface area contributed by atoms with Crippen molar-refractivity contribution in [3.8, 4) is 34.3 Å². The maximum absolute atomic E-state index is 13.8. The van der Waals surface area contributed by atoms with Gasteiger partial charge in [0.05, 0.1) is 19.9 Å². The van der Waals surface area contributed by atoms with Crippen molar-refractivity contribution in [3.05, 3.63) is 80.9 Å². The van der Waals surface area contributed by atoms with Gasteiger partial charge in [0, 0.05) is 21.5 Å². The first-order chi connectivity index (χ1) is 18.5. The summed E-state index contributed by atoms with van der Waals surface area (Å²) in [5.41, 5.74) is 3.93. The van der Waals surface area contributed by atoms with Crippen molar-refractivity contribution in [2.45, 2.75) is 17.3 Å². The molecule has 11 heteroatoms. The molecule has 0 saturated heterocycles. The van der Waals surface area contributed by atoms with Crippen LogP contribution in [0.1, 0.15) is 16.0 Å². The van der Waals surface area contributed by atoms with Gasteiger partial charge in [-0.2, -0.15) is 0 Å². The van der Waals surface area contributed by atoms with Crippen LogP contribution in [0, 0.1) is 5.82 Å². The summed E-state index contributed by atoms with van der Waals surface area (Å²) in [6, 6.07) is 16.3. The van der Waals surface area contributed by atoms with Crippen molar-refractivity contribution in [3.63, 3.8) is 0 Å². The van der Waals surface area contributed by atoms with Crippen molar-refractivity contribution < 1.29 is 23.3 Å². The van der Waals surface area contributed by atoms with Crippen LogP contribution in [0.4, 0.5) is 4.39 Å². The molecule has 1 aliphatic heterocycles. The zero-order valence-corrected chi connectivity index (χ0v) is 23.6. The molecule has 0 radical (unpaired) electrons. The van der Waals surface area contributed by atoms with Crippen LogP contribution in [0.2, 0.25) is 0 Å². The normalized spacial score (nSPS) is 12.3. The van der Waals surface area contributed by atoms with Gasteiger partial charge in [-0.25, -0.2) is 4.39 Å². The Labute approximate surface area is 234 Å². The molecule has 1 aliphatic rings. The number of rotatable bonds is 8. The summed E-state index contributed by atoms with van der Waals surface area (Å²) in [7, 11) is 3.23. The fraction of sp³-hybridized carbons (Fsp3) is 0.185. The highest BCUT2D eigenvalue weighted by Crippen LogP contribution is 2.40. The average Bonchev–Trinajstić information content (AvgIpc) is 3.64. The lowest BCUT2D eigenvalue weighted by molar-refractivity contribution is 0.174. The minimum absolute atomic E-state index is 0.242. The van der Waals surface area contributed by atoms with Crippen LogP contribution in [0.15, 0.2) is 64.2 Å². The number of fused-ring (bicyclic) bond motifs is 2. The Morgan fingerprint density at radius 1 is 1.00 bits per heavy atom. The van der Waals surface area contributed by atoms with E-state index in [-0.39, 0.29) is 12.6 Å². The van der Waals surface area contributed by atoms with Gasteiger partial charge in [0.2, 0.25) is 11.8 Å². The predicted molar refractivity (Wildman–Crippen MR) is 148 cm³/mol. The molecule has 0 atom stereocenters. The second kappa shape index (κ2) is 10.5. The second-order valence-corrected chi connectivity index (χ2v) is 11.3. The highest BCUT2D eigenvalue weighted by atomic mass is 79.9. The third-order valence-corrected chi connectivity index (χ3v) is 8.90. The van der Waals surface area contributed by atoms with E-state index in [4.69, 9.17) is 18.9 Å². The highest BCUT2D eigenvalue weighted by Gasteiger charge is 2.22. The number of ether oxygens (including phenoxy) is 4. The molecule has 0 fully saturated rings. The van der Waals surface area contributed by atoms with Crippen molar-refractivity contribution in [1.29, 1.82) is 0 Å². The monoisotopic (exact) mass is 613 g/mol. The molecule has 0 aliphatic carbocycles. The summed E-state index contributed by atoms with van der Waals surface area (Å²) in [4.78, 5) is 1.84. The minimum Gasteiger partial charge on any atom is -0.493 e. The Morgan fingerprint density at radius 3 is 2.55 bits per heavy atom. The van der Waals surface area contributed by atoms with Gasteiger partial charge in [0.25, 0.3) is 0 Å². The van der Waals surface area contributed by atoms with Crippen molar-refractivity contribution in [2.24, 2.45) is 0 Å². The van der Waals surface area contributed by atoms with Crippen LogP contribution in [-0.2, 0) is 12.2 Å². The number of hydrogen-bond acceptors (Lipinski definition) is 8. The Balaban J connectivity index is 1.39. The fourth-order valence-electron chi connectivity index (χ4n) is 4.29. The van der Waals surface area contributed by atoms with Crippen molar-refractivity contribution in [2.75, 3.05) is 21.0 Å².